The van der Waals surface area contributed by atoms with E-state index in [1.807, 2.05) is 30.3 Å². The van der Waals surface area contributed by atoms with Crippen molar-refractivity contribution in [2.24, 2.45) is 7.05 Å². The van der Waals surface area contributed by atoms with Crippen molar-refractivity contribution in [3.63, 3.8) is 0 Å². The molecule has 1 N–H and O–H groups in total. The Morgan fingerprint density at radius 3 is 2.82 bits per heavy atom. The second kappa shape index (κ2) is 7.12. The van der Waals surface area contributed by atoms with Gasteiger partial charge in [-0.15, -0.1) is 0 Å². The molecule has 1 aliphatic heterocycles. The summed E-state index contributed by atoms with van der Waals surface area (Å²) in [6, 6.07) is 12.6. The van der Waals surface area contributed by atoms with E-state index in [4.69, 9.17) is 0 Å². The molecule has 3 heterocycles. The minimum absolute atomic E-state index is 0.109. The number of para-hydroxylation sites is 1. The number of anilines is 1. The van der Waals surface area contributed by atoms with Gasteiger partial charge >= 0.3 is 0 Å². The lowest BCUT2D eigenvalue weighted by Crippen LogP contribution is -2.28. The lowest BCUT2D eigenvalue weighted by atomic mass is 10.2. The van der Waals surface area contributed by atoms with Crippen LogP contribution in [0.2, 0.25) is 0 Å². The van der Waals surface area contributed by atoms with E-state index >= 15 is 0 Å². The van der Waals surface area contributed by atoms with Crippen LogP contribution >= 0.6 is 0 Å². The number of aromatic nitrogens is 2. The lowest BCUT2D eigenvalue weighted by molar-refractivity contribution is 0.0942. The van der Waals surface area contributed by atoms with Gasteiger partial charge in [0.2, 0.25) is 0 Å². The van der Waals surface area contributed by atoms with Crippen molar-refractivity contribution in [2.45, 2.75) is 17.9 Å². The Morgan fingerprint density at radius 2 is 2.04 bits per heavy atom. The molecule has 0 spiro atoms. The molecule has 144 valence electrons. The molecular formula is C20H20N4O3S. The van der Waals surface area contributed by atoms with E-state index < -0.39 is 10.0 Å². The predicted molar refractivity (Wildman–Crippen MR) is 105 cm³/mol. The monoisotopic (exact) mass is 396 g/mol. The van der Waals surface area contributed by atoms with Crippen molar-refractivity contribution in [1.29, 1.82) is 0 Å². The van der Waals surface area contributed by atoms with Crippen LogP contribution in [-0.2, 0) is 30.0 Å². The number of nitrogens with one attached hydrogen (secondary N) is 1. The summed E-state index contributed by atoms with van der Waals surface area (Å²) in [6.07, 6.45) is 5.50. The largest absolute Gasteiger partial charge is 0.347 e. The van der Waals surface area contributed by atoms with Gasteiger partial charge in [0.1, 0.15) is 10.6 Å². The maximum atomic E-state index is 13.1. The van der Waals surface area contributed by atoms with Gasteiger partial charge in [0, 0.05) is 38.7 Å². The average Bonchev–Trinajstić information content (AvgIpc) is 3.31. The van der Waals surface area contributed by atoms with Crippen LogP contribution in [0.1, 0.15) is 21.6 Å². The zero-order valence-corrected chi connectivity index (χ0v) is 16.2. The number of hydrogen-bond acceptors (Lipinski definition) is 4. The minimum Gasteiger partial charge on any atom is -0.347 e. The minimum atomic E-state index is -3.73. The summed E-state index contributed by atoms with van der Waals surface area (Å²) in [6.45, 7) is 0.721. The Balaban J connectivity index is 1.56. The van der Waals surface area contributed by atoms with E-state index in [-0.39, 0.29) is 16.5 Å². The molecule has 1 aliphatic rings. The number of nitrogens with zero attached hydrogens (tertiary/aromatic N) is 3. The van der Waals surface area contributed by atoms with E-state index in [2.05, 4.69) is 10.3 Å². The van der Waals surface area contributed by atoms with Gasteiger partial charge in [-0.25, -0.2) is 8.42 Å². The number of fused-ring (bicyclic) bond motifs is 1. The van der Waals surface area contributed by atoms with Crippen molar-refractivity contribution in [3.8, 4) is 0 Å². The highest BCUT2D eigenvalue weighted by atomic mass is 32.2. The fourth-order valence-electron chi connectivity index (χ4n) is 3.36. The first-order chi connectivity index (χ1) is 13.5. The van der Waals surface area contributed by atoms with Gasteiger partial charge in [-0.3, -0.25) is 14.1 Å². The predicted octanol–water partition coefficient (Wildman–Crippen LogP) is 2.10. The Kier molecular flexibility index (Phi) is 4.64. The van der Waals surface area contributed by atoms with Gasteiger partial charge < -0.3 is 9.88 Å². The summed E-state index contributed by atoms with van der Waals surface area (Å²) in [5, 5.41) is 2.80. The molecule has 1 aromatic carbocycles. The normalized spacial score (nSPS) is 13.4. The zero-order chi connectivity index (χ0) is 19.7. The van der Waals surface area contributed by atoms with E-state index in [0.717, 1.165) is 11.1 Å². The summed E-state index contributed by atoms with van der Waals surface area (Å²) < 4.78 is 29.2. The highest BCUT2D eigenvalue weighted by molar-refractivity contribution is 7.92. The first kappa shape index (κ1) is 18.2. The molecule has 0 unspecified atom stereocenters. The third-order valence-electron chi connectivity index (χ3n) is 4.82. The first-order valence-electron chi connectivity index (χ1n) is 8.91. The van der Waals surface area contributed by atoms with Crippen LogP contribution in [0.15, 0.2) is 66.0 Å². The number of sulfonamides is 1. The number of carbonyl (C=O) groups excluding carboxylic acids is 1. The Morgan fingerprint density at radius 1 is 1.21 bits per heavy atom. The van der Waals surface area contributed by atoms with Crippen LogP contribution in [-0.4, -0.2) is 30.4 Å². The molecule has 28 heavy (non-hydrogen) atoms. The van der Waals surface area contributed by atoms with Gasteiger partial charge in [0.05, 0.1) is 5.69 Å². The Bertz CT molecular complexity index is 1120. The smallest absolute Gasteiger partial charge is 0.268 e. The van der Waals surface area contributed by atoms with Crippen LogP contribution in [0.3, 0.4) is 0 Å². The molecule has 0 radical (unpaired) electrons. The molecule has 0 atom stereocenters. The summed E-state index contributed by atoms with van der Waals surface area (Å²) in [5.74, 6) is -0.338. The number of pyridine rings is 1. The molecule has 8 heteroatoms. The molecule has 0 saturated carbocycles. The number of benzene rings is 1. The molecular weight excluding hydrogens is 376 g/mol. The van der Waals surface area contributed by atoms with Gasteiger partial charge in [-0.2, -0.15) is 0 Å². The molecule has 7 nitrogen and oxygen atoms in total. The van der Waals surface area contributed by atoms with Gasteiger partial charge in [0.25, 0.3) is 15.9 Å². The molecule has 0 bridgehead atoms. The standard InChI is InChI=1S/C20H20N4O3S/c1-23-14-17(11-19(23)20(25)22-13-15-5-4-9-21-12-15)28(26,27)24-10-8-16-6-2-3-7-18(16)24/h2-7,9,11-12,14H,8,10,13H2,1H3,(H,22,25). The Labute approximate surface area is 163 Å². The van der Waals surface area contributed by atoms with Crippen molar-refractivity contribution in [1.82, 2.24) is 14.9 Å². The van der Waals surface area contributed by atoms with Crippen molar-refractivity contribution < 1.29 is 13.2 Å². The number of carbonyl (C=O) groups is 1. The van der Waals surface area contributed by atoms with Gasteiger partial charge in [-0.05, 0) is 35.7 Å². The van der Waals surface area contributed by atoms with E-state index in [9.17, 15) is 13.2 Å². The summed E-state index contributed by atoms with van der Waals surface area (Å²) in [7, 11) is -2.07. The van der Waals surface area contributed by atoms with Crippen LogP contribution in [0.4, 0.5) is 5.69 Å². The number of hydrogen-bond donors (Lipinski definition) is 1. The third kappa shape index (κ3) is 3.27. The zero-order valence-electron chi connectivity index (χ0n) is 15.4. The summed E-state index contributed by atoms with van der Waals surface area (Å²) in [5.41, 5.74) is 2.87. The second-order valence-corrected chi connectivity index (χ2v) is 8.53. The fraction of sp³-hybridized carbons (Fsp3) is 0.200. The van der Waals surface area contributed by atoms with Gasteiger partial charge in [0.15, 0.2) is 0 Å². The van der Waals surface area contributed by atoms with Crippen molar-refractivity contribution in [3.05, 3.63) is 77.9 Å². The molecule has 1 amide bonds. The number of amides is 1. The highest BCUT2D eigenvalue weighted by Gasteiger charge is 2.32. The fourth-order valence-corrected chi connectivity index (χ4v) is 4.94. The summed E-state index contributed by atoms with van der Waals surface area (Å²) >= 11 is 0. The molecule has 2 aromatic heterocycles. The van der Waals surface area contributed by atoms with Crippen LogP contribution < -0.4 is 9.62 Å². The van der Waals surface area contributed by atoms with Crippen LogP contribution in [0, 0.1) is 0 Å². The number of aryl methyl sites for hydroxylation is 1. The van der Waals surface area contributed by atoms with Crippen LogP contribution in [0.5, 0.6) is 0 Å². The highest BCUT2D eigenvalue weighted by Crippen LogP contribution is 2.33. The quantitative estimate of drug-likeness (QED) is 0.716. The molecule has 0 aliphatic carbocycles. The van der Waals surface area contributed by atoms with Crippen LogP contribution in [0.25, 0.3) is 0 Å². The van der Waals surface area contributed by atoms with Gasteiger partial charge in [-0.1, -0.05) is 24.3 Å². The molecule has 0 fully saturated rings. The maximum absolute atomic E-state index is 13.1. The number of rotatable bonds is 5. The Hall–Kier alpha value is -3.13. The molecule has 4 rings (SSSR count). The summed E-state index contributed by atoms with van der Waals surface area (Å²) in [4.78, 5) is 16.7. The van der Waals surface area contributed by atoms with E-state index in [0.29, 0.717) is 25.2 Å². The second-order valence-electron chi connectivity index (χ2n) is 6.67. The van der Waals surface area contributed by atoms with E-state index in [1.54, 1.807) is 25.5 Å². The third-order valence-corrected chi connectivity index (χ3v) is 6.60. The first-order valence-corrected chi connectivity index (χ1v) is 10.3. The molecule has 3 aromatic rings. The average molecular weight is 396 g/mol. The topological polar surface area (TPSA) is 84.3 Å². The lowest BCUT2D eigenvalue weighted by Gasteiger charge is -2.18. The van der Waals surface area contributed by atoms with Crippen molar-refractivity contribution in [2.75, 3.05) is 10.8 Å². The molecule has 0 saturated heterocycles. The SMILES string of the molecule is Cn1cc(S(=O)(=O)N2CCc3ccccc32)cc1C(=O)NCc1cccnc1. The maximum Gasteiger partial charge on any atom is 0.268 e. The van der Waals surface area contributed by atoms with E-state index in [1.165, 1.54) is 21.1 Å². The van der Waals surface area contributed by atoms with Crippen molar-refractivity contribution >= 4 is 21.6 Å².